The van der Waals surface area contributed by atoms with Crippen LogP contribution in [0.3, 0.4) is 0 Å². The highest BCUT2D eigenvalue weighted by molar-refractivity contribution is 5.90. The maximum Gasteiger partial charge on any atom is 0.337 e. The Balaban J connectivity index is 2.27. The number of aliphatic hydroxyl groups excluding tert-OH is 4. The average molecular weight is 418 g/mol. The van der Waals surface area contributed by atoms with Crippen molar-refractivity contribution in [1.29, 1.82) is 0 Å². The van der Waals surface area contributed by atoms with Crippen LogP contribution in [0.2, 0.25) is 0 Å². The van der Waals surface area contributed by atoms with Crippen molar-refractivity contribution in [2.45, 2.75) is 50.3 Å². The fourth-order valence-electron chi connectivity index (χ4n) is 3.18. The minimum absolute atomic E-state index is 0.0691. The topological polar surface area (TPSA) is 161 Å². The molecule has 4 N–H and O–H groups in total. The number of ether oxygens (including phenoxy) is 5. The molecule has 2 aliphatic heterocycles. The van der Waals surface area contributed by atoms with Gasteiger partial charge in [0.25, 0.3) is 0 Å². The number of esters is 2. The van der Waals surface area contributed by atoms with Crippen molar-refractivity contribution in [3.8, 4) is 0 Å². The number of aliphatic hydroxyl groups is 4. The van der Waals surface area contributed by atoms with Crippen LogP contribution in [-0.2, 0) is 33.3 Å². The second-order valence-corrected chi connectivity index (χ2v) is 6.49. The van der Waals surface area contributed by atoms with Crippen molar-refractivity contribution in [1.82, 2.24) is 0 Å². The van der Waals surface area contributed by atoms with Crippen molar-refractivity contribution in [3.63, 3.8) is 0 Å². The molecule has 0 aromatic carbocycles. The quantitative estimate of drug-likeness (QED) is 0.289. The lowest BCUT2D eigenvalue weighted by Gasteiger charge is -2.41. The summed E-state index contributed by atoms with van der Waals surface area (Å²) >= 11 is 0. The second-order valence-electron chi connectivity index (χ2n) is 6.49. The van der Waals surface area contributed by atoms with Gasteiger partial charge in [0.2, 0.25) is 6.29 Å². The molecule has 0 saturated carbocycles. The van der Waals surface area contributed by atoms with Crippen LogP contribution in [0, 0.1) is 5.92 Å². The molecule has 2 rings (SSSR count). The minimum Gasteiger partial charge on any atom is -0.469 e. The van der Waals surface area contributed by atoms with Gasteiger partial charge in [-0.25, -0.2) is 4.79 Å². The first-order valence-corrected chi connectivity index (χ1v) is 8.91. The van der Waals surface area contributed by atoms with Crippen molar-refractivity contribution >= 4 is 11.9 Å². The number of rotatable bonds is 6. The van der Waals surface area contributed by atoms with E-state index >= 15 is 0 Å². The van der Waals surface area contributed by atoms with Gasteiger partial charge in [-0.3, -0.25) is 4.79 Å². The van der Waals surface area contributed by atoms with Crippen molar-refractivity contribution < 1.29 is 53.7 Å². The molecule has 0 aromatic rings. The highest BCUT2D eigenvalue weighted by atomic mass is 16.8. The fraction of sp³-hybridized carbons (Fsp3) is 0.667. The van der Waals surface area contributed by atoms with Crippen LogP contribution in [-0.4, -0.2) is 90.2 Å². The molecule has 2 aliphatic rings. The Bertz CT molecular complexity index is 656. The Morgan fingerprint density at radius 1 is 1.14 bits per heavy atom. The molecule has 0 spiro atoms. The minimum atomic E-state index is -1.64. The molecule has 1 unspecified atom stereocenters. The number of allylic oxidation sites excluding steroid dienone is 1. The van der Waals surface area contributed by atoms with Gasteiger partial charge in [0.15, 0.2) is 6.29 Å². The van der Waals surface area contributed by atoms with Crippen LogP contribution in [0.4, 0.5) is 0 Å². The maximum absolute atomic E-state index is 12.1. The monoisotopic (exact) mass is 418 g/mol. The Kier molecular flexibility index (Phi) is 8.14. The SMILES string of the molecule is C/C=C1/[C@H](OC2O[C@H](CO)[C@@H](O)[C@H](O)[C@H]2O)OC=C(C(=O)OC)[C@H]1CC(=O)OC. The third kappa shape index (κ3) is 4.94. The lowest BCUT2D eigenvalue weighted by atomic mass is 9.86. The lowest BCUT2D eigenvalue weighted by Crippen LogP contribution is -2.60. The first-order chi connectivity index (χ1) is 13.8. The summed E-state index contributed by atoms with van der Waals surface area (Å²) in [5, 5.41) is 39.2. The zero-order chi connectivity index (χ0) is 21.7. The van der Waals surface area contributed by atoms with Gasteiger partial charge in [0.05, 0.1) is 39.1 Å². The van der Waals surface area contributed by atoms with Crippen molar-refractivity contribution in [2.24, 2.45) is 5.92 Å². The molecular formula is C18H26O11. The molecule has 0 amide bonds. The van der Waals surface area contributed by atoms with Crippen LogP contribution >= 0.6 is 0 Å². The van der Waals surface area contributed by atoms with E-state index in [1.54, 1.807) is 13.0 Å². The van der Waals surface area contributed by atoms with Gasteiger partial charge in [-0.1, -0.05) is 6.08 Å². The summed E-state index contributed by atoms with van der Waals surface area (Å²) < 4.78 is 25.8. The van der Waals surface area contributed by atoms with Gasteiger partial charge >= 0.3 is 11.9 Å². The van der Waals surface area contributed by atoms with Crippen LogP contribution in [0.15, 0.2) is 23.5 Å². The predicted octanol–water partition coefficient (Wildman–Crippen LogP) is -1.66. The first-order valence-electron chi connectivity index (χ1n) is 8.91. The number of methoxy groups -OCH3 is 2. The summed E-state index contributed by atoms with van der Waals surface area (Å²) in [5.41, 5.74) is 0.426. The van der Waals surface area contributed by atoms with Gasteiger partial charge < -0.3 is 44.1 Å². The van der Waals surface area contributed by atoms with E-state index in [1.165, 1.54) is 14.2 Å². The van der Waals surface area contributed by atoms with Gasteiger partial charge in [0, 0.05) is 11.5 Å². The summed E-state index contributed by atoms with van der Waals surface area (Å²) in [7, 11) is 2.39. The van der Waals surface area contributed by atoms with E-state index in [1.807, 2.05) is 0 Å². The summed E-state index contributed by atoms with van der Waals surface area (Å²) in [6, 6.07) is 0. The number of carbonyl (C=O) groups excluding carboxylic acids is 2. The molecule has 29 heavy (non-hydrogen) atoms. The van der Waals surface area contributed by atoms with Crippen LogP contribution < -0.4 is 0 Å². The maximum atomic E-state index is 12.1. The molecule has 11 nitrogen and oxygen atoms in total. The summed E-state index contributed by atoms with van der Waals surface area (Å²) in [6.07, 6.45) is -6.17. The van der Waals surface area contributed by atoms with Crippen molar-refractivity contribution in [2.75, 3.05) is 20.8 Å². The Labute approximate surface area is 167 Å². The Morgan fingerprint density at radius 2 is 1.83 bits per heavy atom. The standard InChI is InChI=1S/C18H26O11/c1-4-8-9(5-12(20)25-2)10(16(24)26-3)7-27-17(8)29-18-15(23)14(22)13(21)11(6-19)28-18/h4,7,9,11,13-15,17-19,21-23H,5-6H2,1-3H3/b8-4+/t9-,11+,13+,14-,15+,17-,18?/m0/s1. The predicted molar refractivity (Wildman–Crippen MR) is 93.7 cm³/mol. The highest BCUT2D eigenvalue weighted by Gasteiger charge is 2.46. The largest absolute Gasteiger partial charge is 0.469 e. The third-order valence-corrected chi connectivity index (χ3v) is 4.83. The van der Waals surface area contributed by atoms with Crippen molar-refractivity contribution in [3.05, 3.63) is 23.5 Å². The van der Waals surface area contributed by atoms with E-state index in [0.717, 1.165) is 6.26 Å². The molecule has 0 aliphatic carbocycles. The van der Waals surface area contributed by atoms with E-state index in [-0.39, 0.29) is 12.0 Å². The van der Waals surface area contributed by atoms with E-state index in [9.17, 15) is 30.0 Å². The molecule has 7 atom stereocenters. The Hall–Kier alpha value is -2.02. The smallest absolute Gasteiger partial charge is 0.337 e. The zero-order valence-corrected chi connectivity index (χ0v) is 16.3. The zero-order valence-electron chi connectivity index (χ0n) is 16.3. The average Bonchev–Trinajstić information content (AvgIpc) is 2.73. The van der Waals surface area contributed by atoms with E-state index in [4.69, 9.17) is 18.9 Å². The molecule has 164 valence electrons. The molecule has 11 heteroatoms. The number of hydrogen-bond donors (Lipinski definition) is 4. The molecule has 0 bridgehead atoms. The Morgan fingerprint density at radius 3 is 2.38 bits per heavy atom. The molecule has 0 radical (unpaired) electrons. The second kappa shape index (κ2) is 10.1. The highest BCUT2D eigenvalue weighted by Crippen LogP contribution is 2.36. The molecule has 1 saturated heterocycles. The third-order valence-electron chi connectivity index (χ3n) is 4.83. The van der Waals surface area contributed by atoms with Crippen LogP contribution in [0.25, 0.3) is 0 Å². The number of hydrogen-bond acceptors (Lipinski definition) is 11. The lowest BCUT2D eigenvalue weighted by molar-refractivity contribution is -0.327. The van der Waals surface area contributed by atoms with E-state index < -0.39 is 61.5 Å². The normalized spacial score (nSPS) is 36.2. The van der Waals surface area contributed by atoms with Gasteiger partial charge in [0.1, 0.15) is 24.4 Å². The van der Waals surface area contributed by atoms with Gasteiger partial charge in [-0.2, -0.15) is 0 Å². The summed E-state index contributed by atoms with van der Waals surface area (Å²) in [5.74, 6) is -2.08. The molecule has 2 heterocycles. The molecular weight excluding hydrogens is 392 g/mol. The van der Waals surface area contributed by atoms with Crippen LogP contribution in [0.5, 0.6) is 0 Å². The molecule has 0 aromatic heterocycles. The molecule has 1 fully saturated rings. The first kappa shape index (κ1) is 23.3. The van der Waals surface area contributed by atoms with Gasteiger partial charge in [-0.05, 0) is 6.92 Å². The van der Waals surface area contributed by atoms with E-state index in [2.05, 4.69) is 4.74 Å². The fourth-order valence-corrected chi connectivity index (χ4v) is 3.18. The van der Waals surface area contributed by atoms with E-state index in [0.29, 0.717) is 5.57 Å². The summed E-state index contributed by atoms with van der Waals surface area (Å²) in [4.78, 5) is 23.9. The number of carbonyl (C=O) groups is 2. The summed E-state index contributed by atoms with van der Waals surface area (Å²) in [6.45, 7) is 1.01. The van der Waals surface area contributed by atoms with Gasteiger partial charge in [-0.15, -0.1) is 0 Å². The van der Waals surface area contributed by atoms with Crippen LogP contribution in [0.1, 0.15) is 13.3 Å².